The molecule has 0 unspecified atom stereocenters. The van der Waals surface area contributed by atoms with Gasteiger partial charge < -0.3 is 9.73 Å². The number of aromatic nitrogens is 1. The minimum absolute atomic E-state index is 0.0411. The Hall–Kier alpha value is -3.13. The number of carbonyl (C=O) groups excluding carboxylic acids is 1. The molecule has 4 aromatic rings. The van der Waals surface area contributed by atoms with Crippen molar-refractivity contribution in [2.24, 2.45) is 0 Å². The summed E-state index contributed by atoms with van der Waals surface area (Å²) in [6.07, 6.45) is 0. The van der Waals surface area contributed by atoms with Crippen molar-refractivity contribution in [1.82, 2.24) is 4.98 Å². The number of fused-ring (bicyclic) bond motifs is 1. The van der Waals surface area contributed by atoms with Gasteiger partial charge in [0.1, 0.15) is 10.5 Å². The lowest BCUT2D eigenvalue weighted by molar-refractivity contribution is -0.384. The molecule has 0 fully saturated rings. The number of oxazole rings is 1. The number of halogens is 3. The minimum atomic E-state index is -0.645. The van der Waals surface area contributed by atoms with E-state index >= 15 is 0 Å². The van der Waals surface area contributed by atoms with Crippen LogP contribution in [0, 0.1) is 10.1 Å². The number of carbonyl (C=O) groups is 1. The molecular weight excluding hydrogens is 453 g/mol. The SMILES string of the molecule is O=C(Nc1ccc(-c2nc3cc(Cl)cc(Cl)c3o2)cc1)c1ccc(Cl)c([N+](=O)[O-])c1. The molecule has 10 heteroatoms. The van der Waals surface area contributed by atoms with Crippen molar-refractivity contribution < 1.29 is 14.1 Å². The second-order valence-corrected chi connectivity index (χ2v) is 7.46. The summed E-state index contributed by atoms with van der Waals surface area (Å²) in [5.74, 6) is -0.161. The van der Waals surface area contributed by atoms with Crippen LogP contribution >= 0.6 is 34.8 Å². The van der Waals surface area contributed by atoms with E-state index in [1.165, 1.54) is 12.1 Å². The Labute approximate surface area is 184 Å². The van der Waals surface area contributed by atoms with Gasteiger partial charge in [-0.25, -0.2) is 4.98 Å². The van der Waals surface area contributed by atoms with Gasteiger partial charge in [-0.3, -0.25) is 14.9 Å². The fourth-order valence-electron chi connectivity index (χ4n) is 2.78. The van der Waals surface area contributed by atoms with Gasteiger partial charge >= 0.3 is 0 Å². The van der Waals surface area contributed by atoms with Gasteiger partial charge in [0.2, 0.25) is 5.89 Å². The molecule has 0 aliphatic carbocycles. The summed E-state index contributed by atoms with van der Waals surface area (Å²) < 4.78 is 5.71. The number of hydrogen-bond donors (Lipinski definition) is 1. The number of nitro groups is 1. The molecule has 7 nitrogen and oxygen atoms in total. The van der Waals surface area contributed by atoms with Crippen LogP contribution in [0.1, 0.15) is 10.4 Å². The highest BCUT2D eigenvalue weighted by atomic mass is 35.5. The lowest BCUT2D eigenvalue weighted by Crippen LogP contribution is -2.12. The van der Waals surface area contributed by atoms with Crippen LogP contribution in [0.25, 0.3) is 22.6 Å². The molecule has 0 saturated carbocycles. The predicted octanol–water partition coefficient (Wildman–Crippen LogP) is 6.62. The van der Waals surface area contributed by atoms with Crippen LogP contribution < -0.4 is 5.32 Å². The van der Waals surface area contributed by atoms with Crippen molar-refractivity contribution in [3.8, 4) is 11.5 Å². The number of amides is 1. The highest BCUT2D eigenvalue weighted by molar-refractivity contribution is 6.38. The summed E-state index contributed by atoms with van der Waals surface area (Å²) in [4.78, 5) is 27.1. The van der Waals surface area contributed by atoms with E-state index in [1.54, 1.807) is 36.4 Å². The largest absolute Gasteiger partial charge is 0.435 e. The fourth-order valence-corrected chi connectivity index (χ4v) is 3.48. The molecule has 4 rings (SSSR count). The van der Waals surface area contributed by atoms with Gasteiger partial charge in [-0.05, 0) is 48.5 Å². The number of rotatable bonds is 4. The smallest absolute Gasteiger partial charge is 0.288 e. The molecule has 0 aliphatic heterocycles. The first kappa shape index (κ1) is 20.2. The first-order chi connectivity index (χ1) is 14.3. The van der Waals surface area contributed by atoms with E-state index in [9.17, 15) is 14.9 Å². The quantitative estimate of drug-likeness (QED) is 0.271. The third-order valence-electron chi connectivity index (χ3n) is 4.20. The summed E-state index contributed by atoms with van der Waals surface area (Å²) in [7, 11) is 0. The summed E-state index contributed by atoms with van der Waals surface area (Å²) in [6.45, 7) is 0. The monoisotopic (exact) mass is 461 g/mol. The van der Waals surface area contributed by atoms with Crippen LogP contribution in [0.3, 0.4) is 0 Å². The number of nitrogens with one attached hydrogen (secondary N) is 1. The van der Waals surface area contributed by atoms with Crippen molar-refractivity contribution in [3.05, 3.63) is 85.3 Å². The molecule has 0 bridgehead atoms. The number of nitro benzene ring substituents is 1. The molecule has 30 heavy (non-hydrogen) atoms. The zero-order valence-corrected chi connectivity index (χ0v) is 17.1. The second kappa shape index (κ2) is 7.95. The van der Waals surface area contributed by atoms with Crippen molar-refractivity contribution >= 4 is 63.2 Å². The van der Waals surface area contributed by atoms with E-state index in [2.05, 4.69) is 10.3 Å². The highest BCUT2D eigenvalue weighted by Gasteiger charge is 2.17. The van der Waals surface area contributed by atoms with Crippen LogP contribution in [0.4, 0.5) is 11.4 Å². The van der Waals surface area contributed by atoms with Crippen molar-refractivity contribution in [1.29, 1.82) is 0 Å². The number of hydrogen-bond acceptors (Lipinski definition) is 5. The first-order valence-corrected chi connectivity index (χ1v) is 9.56. The molecule has 0 saturated heterocycles. The lowest BCUT2D eigenvalue weighted by atomic mass is 10.1. The molecule has 0 aliphatic rings. The molecule has 1 amide bonds. The maximum absolute atomic E-state index is 12.4. The molecule has 0 atom stereocenters. The third-order valence-corrected chi connectivity index (χ3v) is 5.02. The van der Waals surface area contributed by atoms with Crippen LogP contribution in [-0.4, -0.2) is 15.8 Å². The maximum Gasteiger partial charge on any atom is 0.288 e. The Balaban J connectivity index is 1.56. The van der Waals surface area contributed by atoms with Gasteiger partial charge in [-0.1, -0.05) is 34.8 Å². The van der Waals surface area contributed by atoms with Crippen LogP contribution in [0.15, 0.2) is 59.0 Å². The normalized spacial score (nSPS) is 10.9. The zero-order chi connectivity index (χ0) is 21.4. The van der Waals surface area contributed by atoms with E-state index in [4.69, 9.17) is 39.2 Å². The molecular formula is C20H10Cl3N3O4. The van der Waals surface area contributed by atoms with E-state index in [0.29, 0.717) is 38.3 Å². The second-order valence-electron chi connectivity index (χ2n) is 6.21. The summed E-state index contributed by atoms with van der Waals surface area (Å²) in [5, 5.41) is 14.4. The molecule has 3 aromatic carbocycles. The fraction of sp³-hybridized carbons (Fsp3) is 0. The van der Waals surface area contributed by atoms with Gasteiger partial charge in [0.05, 0.1) is 9.95 Å². The standard InChI is InChI=1S/C20H10Cl3N3O4/c21-12-8-15(23)18-16(9-12)25-20(30-18)10-1-4-13(5-2-10)24-19(27)11-3-6-14(22)17(7-11)26(28)29/h1-9H,(H,24,27). The van der Waals surface area contributed by atoms with Crippen LogP contribution in [-0.2, 0) is 0 Å². The van der Waals surface area contributed by atoms with E-state index in [-0.39, 0.29) is 16.3 Å². The molecule has 1 N–H and O–H groups in total. The van der Waals surface area contributed by atoms with Crippen LogP contribution in [0.5, 0.6) is 0 Å². The molecule has 1 aromatic heterocycles. The molecule has 150 valence electrons. The molecule has 0 radical (unpaired) electrons. The Morgan fingerprint density at radius 1 is 1.00 bits per heavy atom. The number of benzene rings is 3. The summed E-state index contributed by atoms with van der Waals surface area (Å²) in [6, 6.07) is 13.8. The minimum Gasteiger partial charge on any atom is -0.435 e. The zero-order valence-electron chi connectivity index (χ0n) is 14.9. The van der Waals surface area contributed by atoms with Crippen molar-refractivity contribution in [2.75, 3.05) is 5.32 Å². The van der Waals surface area contributed by atoms with E-state index in [0.717, 1.165) is 6.07 Å². The number of nitrogens with zero attached hydrogens (tertiary/aromatic N) is 2. The van der Waals surface area contributed by atoms with Crippen LogP contribution in [0.2, 0.25) is 15.1 Å². The topological polar surface area (TPSA) is 98.3 Å². The Morgan fingerprint density at radius 3 is 2.43 bits per heavy atom. The molecule has 1 heterocycles. The summed E-state index contributed by atoms with van der Waals surface area (Å²) >= 11 is 17.9. The Morgan fingerprint density at radius 2 is 1.73 bits per heavy atom. The molecule has 0 spiro atoms. The average molecular weight is 463 g/mol. The van der Waals surface area contributed by atoms with E-state index in [1.807, 2.05) is 0 Å². The van der Waals surface area contributed by atoms with E-state index < -0.39 is 10.8 Å². The van der Waals surface area contributed by atoms with Gasteiger partial charge in [-0.15, -0.1) is 0 Å². The van der Waals surface area contributed by atoms with Crippen molar-refractivity contribution in [2.45, 2.75) is 0 Å². The Bertz CT molecular complexity index is 1300. The van der Waals surface area contributed by atoms with Gasteiger partial charge in [0.25, 0.3) is 11.6 Å². The predicted molar refractivity (Wildman–Crippen MR) is 116 cm³/mol. The van der Waals surface area contributed by atoms with Gasteiger partial charge in [-0.2, -0.15) is 0 Å². The third kappa shape index (κ3) is 3.95. The Kier molecular flexibility index (Phi) is 5.34. The highest BCUT2D eigenvalue weighted by Crippen LogP contribution is 2.32. The first-order valence-electron chi connectivity index (χ1n) is 8.43. The average Bonchev–Trinajstić information content (AvgIpc) is 3.13. The van der Waals surface area contributed by atoms with Gasteiger partial charge in [0, 0.05) is 27.9 Å². The number of anilines is 1. The summed E-state index contributed by atoms with van der Waals surface area (Å²) in [5.41, 5.74) is 1.88. The van der Waals surface area contributed by atoms with Gasteiger partial charge in [0.15, 0.2) is 5.58 Å². The maximum atomic E-state index is 12.4. The van der Waals surface area contributed by atoms with Crippen molar-refractivity contribution in [3.63, 3.8) is 0 Å². The lowest BCUT2D eigenvalue weighted by Gasteiger charge is -2.06.